The van der Waals surface area contributed by atoms with Crippen molar-refractivity contribution in [1.82, 2.24) is 0 Å². The van der Waals surface area contributed by atoms with E-state index in [1.165, 1.54) is 0 Å². The summed E-state index contributed by atoms with van der Waals surface area (Å²) in [6.45, 7) is 9.68. The molecular weight excluding hydrogens is 336 g/mol. The van der Waals surface area contributed by atoms with Crippen molar-refractivity contribution in [2.24, 2.45) is 0 Å². The van der Waals surface area contributed by atoms with E-state index >= 15 is 0 Å². The molecule has 0 unspecified atom stereocenters. The van der Waals surface area contributed by atoms with Gasteiger partial charge in [-0.1, -0.05) is 18.7 Å². The average Bonchev–Trinajstić information content (AvgIpc) is 2.62. The van der Waals surface area contributed by atoms with Crippen molar-refractivity contribution in [3.05, 3.63) is 70.5 Å². The van der Waals surface area contributed by atoms with Gasteiger partial charge in [-0.3, -0.25) is 0 Å². The van der Waals surface area contributed by atoms with Gasteiger partial charge in [-0.15, -0.1) is 0 Å². The molecule has 26 heavy (non-hydrogen) atoms. The van der Waals surface area contributed by atoms with Crippen molar-refractivity contribution < 1.29 is 18.3 Å². The van der Waals surface area contributed by atoms with Crippen molar-refractivity contribution in [3.63, 3.8) is 0 Å². The molecule has 0 fully saturated rings. The largest absolute Gasteiger partial charge is 0.459 e. The Morgan fingerprint density at radius 2 is 1.77 bits per heavy atom. The molecule has 2 N–H and O–H groups in total. The molecule has 2 aromatic carbocycles. The van der Waals surface area contributed by atoms with Crippen LogP contribution in [0, 0.1) is 32.4 Å². The summed E-state index contributed by atoms with van der Waals surface area (Å²) >= 11 is 0. The summed E-state index contributed by atoms with van der Waals surface area (Å²) in [5.74, 6) is -1.63. The molecule has 0 heterocycles. The summed E-state index contributed by atoms with van der Waals surface area (Å²) in [5.41, 5.74) is 9.10. The number of rotatable bonds is 8. The first-order valence-corrected chi connectivity index (χ1v) is 8.53. The molecule has 5 heteroatoms. The normalized spacial score (nSPS) is 10.8. The maximum Gasteiger partial charge on any atom is 0.201 e. The van der Waals surface area contributed by atoms with Gasteiger partial charge in [0, 0.05) is 12.1 Å². The molecule has 0 atom stereocenters. The molecule has 0 bridgehead atoms. The standard InChI is InChI=1S/C21H25F2NO2/c1-13(8-10-25-11-9-17-6-5-7-18(24)12-17)26-21-16(4)14(2)15(3)19(22)20(21)23/h5-7,12H,1,8-11,24H2,2-4H3. The fraction of sp³-hybridized carbons (Fsp3) is 0.333. The van der Waals surface area contributed by atoms with Gasteiger partial charge in [0.2, 0.25) is 5.82 Å². The third-order valence-electron chi connectivity index (χ3n) is 4.44. The summed E-state index contributed by atoms with van der Waals surface area (Å²) < 4.78 is 39.1. The Labute approximate surface area is 153 Å². The predicted molar refractivity (Wildman–Crippen MR) is 100 cm³/mol. The van der Waals surface area contributed by atoms with Crippen molar-refractivity contribution in [2.75, 3.05) is 18.9 Å². The van der Waals surface area contributed by atoms with Crippen LogP contribution in [0.2, 0.25) is 0 Å². The van der Waals surface area contributed by atoms with Crippen LogP contribution in [0.15, 0.2) is 36.6 Å². The maximum absolute atomic E-state index is 14.1. The fourth-order valence-corrected chi connectivity index (χ4v) is 2.59. The van der Waals surface area contributed by atoms with Crippen LogP contribution < -0.4 is 10.5 Å². The minimum Gasteiger partial charge on any atom is -0.459 e. The van der Waals surface area contributed by atoms with Gasteiger partial charge in [0.15, 0.2) is 11.6 Å². The van der Waals surface area contributed by atoms with Gasteiger partial charge in [0.1, 0.15) is 0 Å². The molecule has 3 nitrogen and oxygen atoms in total. The minimum absolute atomic E-state index is 0.102. The Hall–Kier alpha value is -2.40. The minimum atomic E-state index is -0.977. The number of ether oxygens (including phenoxy) is 2. The van der Waals surface area contributed by atoms with Gasteiger partial charge in [0.25, 0.3) is 0 Å². The van der Waals surface area contributed by atoms with Gasteiger partial charge in [-0.25, -0.2) is 4.39 Å². The van der Waals surface area contributed by atoms with E-state index in [1.54, 1.807) is 20.8 Å². The predicted octanol–water partition coefficient (Wildman–Crippen LogP) is 5.01. The topological polar surface area (TPSA) is 44.5 Å². The maximum atomic E-state index is 14.1. The summed E-state index contributed by atoms with van der Waals surface area (Å²) in [4.78, 5) is 0. The van der Waals surface area contributed by atoms with E-state index in [0.29, 0.717) is 42.1 Å². The Bertz CT molecular complexity index is 774. The second kappa shape index (κ2) is 8.81. The Morgan fingerprint density at radius 3 is 2.46 bits per heavy atom. The third-order valence-corrected chi connectivity index (χ3v) is 4.44. The number of nitrogen functional groups attached to an aromatic ring is 1. The first kappa shape index (κ1) is 19.9. The zero-order chi connectivity index (χ0) is 19.3. The number of hydrogen-bond donors (Lipinski definition) is 1. The lowest BCUT2D eigenvalue weighted by atomic mass is 10.0. The summed E-state index contributed by atoms with van der Waals surface area (Å²) in [7, 11) is 0. The quantitative estimate of drug-likeness (QED) is 0.408. The first-order chi connectivity index (χ1) is 12.3. The van der Waals surface area contributed by atoms with Crippen molar-refractivity contribution in [3.8, 4) is 5.75 Å². The van der Waals surface area contributed by atoms with E-state index in [9.17, 15) is 8.78 Å². The highest BCUT2D eigenvalue weighted by Gasteiger charge is 2.19. The van der Waals surface area contributed by atoms with E-state index in [4.69, 9.17) is 15.2 Å². The van der Waals surface area contributed by atoms with Crippen LogP contribution in [0.1, 0.15) is 28.7 Å². The van der Waals surface area contributed by atoms with Crippen LogP contribution in [0.25, 0.3) is 0 Å². The van der Waals surface area contributed by atoms with E-state index < -0.39 is 11.6 Å². The Kier molecular flexibility index (Phi) is 6.75. The van der Waals surface area contributed by atoms with Crippen molar-refractivity contribution in [1.29, 1.82) is 0 Å². The zero-order valence-electron chi connectivity index (χ0n) is 15.5. The van der Waals surface area contributed by atoms with Crippen LogP contribution in [-0.2, 0) is 11.2 Å². The summed E-state index contributed by atoms with van der Waals surface area (Å²) in [5, 5.41) is 0. The van der Waals surface area contributed by atoms with E-state index in [1.807, 2.05) is 24.3 Å². The number of hydrogen-bond acceptors (Lipinski definition) is 3. The summed E-state index contributed by atoms with van der Waals surface area (Å²) in [6.07, 6.45) is 1.14. The van der Waals surface area contributed by atoms with Crippen molar-refractivity contribution in [2.45, 2.75) is 33.6 Å². The average molecular weight is 361 g/mol. The number of halogens is 2. The fourth-order valence-electron chi connectivity index (χ4n) is 2.59. The lowest BCUT2D eigenvalue weighted by molar-refractivity contribution is 0.133. The Morgan fingerprint density at radius 1 is 1.04 bits per heavy atom. The molecule has 140 valence electrons. The first-order valence-electron chi connectivity index (χ1n) is 8.53. The van der Waals surface area contributed by atoms with Crippen LogP contribution in [-0.4, -0.2) is 13.2 Å². The highest BCUT2D eigenvalue weighted by atomic mass is 19.2. The third kappa shape index (κ3) is 4.82. The number of benzene rings is 2. The van der Waals surface area contributed by atoms with Gasteiger partial charge >= 0.3 is 0 Å². The van der Waals surface area contributed by atoms with Gasteiger partial charge in [-0.2, -0.15) is 4.39 Å². The summed E-state index contributed by atoms with van der Waals surface area (Å²) in [6, 6.07) is 7.63. The van der Waals surface area contributed by atoms with E-state index in [0.717, 1.165) is 17.7 Å². The lowest BCUT2D eigenvalue weighted by Gasteiger charge is -2.16. The SMILES string of the molecule is C=C(CCOCCc1cccc(N)c1)Oc1c(C)c(C)c(C)c(F)c1F. The molecule has 0 saturated carbocycles. The van der Waals surface area contributed by atoms with Crippen molar-refractivity contribution >= 4 is 5.69 Å². The van der Waals surface area contributed by atoms with Crippen LogP contribution in [0.3, 0.4) is 0 Å². The second-order valence-electron chi connectivity index (χ2n) is 6.33. The molecule has 0 aromatic heterocycles. The molecule has 2 rings (SSSR count). The highest BCUT2D eigenvalue weighted by Crippen LogP contribution is 2.32. The monoisotopic (exact) mass is 361 g/mol. The molecule has 2 aromatic rings. The molecule has 0 spiro atoms. The number of nitrogens with two attached hydrogens (primary N) is 1. The smallest absolute Gasteiger partial charge is 0.201 e. The van der Waals surface area contributed by atoms with E-state index in [-0.39, 0.29) is 5.75 Å². The van der Waals surface area contributed by atoms with Crippen LogP contribution in [0.5, 0.6) is 5.75 Å². The molecule has 0 saturated heterocycles. The van der Waals surface area contributed by atoms with Gasteiger partial charge in [0.05, 0.1) is 19.0 Å². The molecular formula is C21H25F2NO2. The molecule has 0 aliphatic rings. The van der Waals surface area contributed by atoms with Crippen LogP contribution in [0.4, 0.5) is 14.5 Å². The Balaban J connectivity index is 1.83. The number of anilines is 1. The van der Waals surface area contributed by atoms with E-state index in [2.05, 4.69) is 6.58 Å². The second-order valence-corrected chi connectivity index (χ2v) is 6.33. The molecule has 0 aliphatic carbocycles. The molecule has 0 aliphatic heterocycles. The molecule has 0 amide bonds. The molecule has 0 radical (unpaired) electrons. The zero-order valence-corrected chi connectivity index (χ0v) is 15.5. The van der Waals surface area contributed by atoms with Crippen LogP contribution >= 0.6 is 0 Å². The van der Waals surface area contributed by atoms with Gasteiger partial charge in [-0.05, 0) is 61.6 Å². The lowest BCUT2D eigenvalue weighted by Crippen LogP contribution is -2.07. The van der Waals surface area contributed by atoms with Gasteiger partial charge < -0.3 is 15.2 Å². The highest BCUT2D eigenvalue weighted by molar-refractivity contribution is 5.46.